The topological polar surface area (TPSA) is 57.4 Å². The van der Waals surface area contributed by atoms with Gasteiger partial charge >= 0.3 is 0 Å². The van der Waals surface area contributed by atoms with Crippen molar-refractivity contribution < 1.29 is 0 Å². The molecule has 0 amide bonds. The molecule has 2 N–H and O–H groups in total. The van der Waals surface area contributed by atoms with Crippen LogP contribution in [0.3, 0.4) is 0 Å². The summed E-state index contributed by atoms with van der Waals surface area (Å²) in [7, 11) is 0. The van der Waals surface area contributed by atoms with E-state index in [9.17, 15) is 0 Å². The molecule has 4 heteroatoms. The molecule has 0 unspecified atom stereocenters. The number of fused-ring (bicyclic) bond motifs is 8. The molecule has 3 aromatic rings. The first-order chi connectivity index (χ1) is 17.4. The number of H-pyrrole nitrogens is 2. The Labute approximate surface area is 213 Å². The Bertz CT molecular complexity index is 1670. The maximum absolute atomic E-state index is 5.26. The number of aromatic amines is 2. The van der Waals surface area contributed by atoms with Crippen molar-refractivity contribution in [1.29, 1.82) is 0 Å². The van der Waals surface area contributed by atoms with E-state index in [1.807, 2.05) is 0 Å². The minimum Gasteiger partial charge on any atom is -0.355 e. The first-order valence-electron chi connectivity index (χ1n) is 13.5. The second-order valence-corrected chi connectivity index (χ2v) is 10.5. The highest BCUT2D eigenvalue weighted by Gasteiger charge is 2.29. The molecular formula is C32H36N4. The smallest absolute Gasteiger partial charge is 0.0726 e. The Morgan fingerprint density at radius 2 is 1.22 bits per heavy atom. The molecule has 0 atom stereocenters. The van der Waals surface area contributed by atoms with Gasteiger partial charge in [0.2, 0.25) is 0 Å². The summed E-state index contributed by atoms with van der Waals surface area (Å²) in [5.74, 6) is 0. The number of rotatable bonds is 3. The van der Waals surface area contributed by atoms with Crippen molar-refractivity contribution >= 4 is 44.4 Å². The molecule has 36 heavy (non-hydrogen) atoms. The van der Waals surface area contributed by atoms with Crippen LogP contribution >= 0.6 is 0 Å². The summed E-state index contributed by atoms with van der Waals surface area (Å²) < 4.78 is 0. The Morgan fingerprint density at radius 1 is 0.639 bits per heavy atom. The van der Waals surface area contributed by atoms with Gasteiger partial charge in [-0.15, -0.1) is 0 Å². The molecule has 0 saturated carbocycles. The normalized spacial score (nSPS) is 15.0. The van der Waals surface area contributed by atoms with Gasteiger partial charge in [-0.1, -0.05) is 20.8 Å². The maximum atomic E-state index is 5.26. The van der Waals surface area contributed by atoms with Gasteiger partial charge in [-0.2, -0.15) is 0 Å². The lowest BCUT2D eigenvalue weighted by Gasteiger charge is -2.01. The summed E-state index contributed by atoms with van der Waals surface area (Å²) in [6, 6.07) is 6.85. The first-order valence-corrected chi connectivity index (χ1v) is 13.5. The standard InChI is InChI=1S/C32H36N4/c1-8-20-17(5)26-14-30-22(10-3)19(7)31(36-30)24-12-11-23-18(6)27(35-32(23)24)15-29-21(9-2)16(4)25(33-29)13-28(20)34-26/h13-15,33-34H,8-12H2,1-7H3. The van der Waals surface area contributed by atoms with Crippen LogP contribution in [0.2, 0.25) is 0 Å². The Kier molecular flexibility index (Phi) is 5.33. The zero-order valence-corrected chi connectivity index (χ0v) is 22.7. The third-order valence-corrected chi connectivity index (χ3v) is 8.71. The van der Waals surface area contributed by atoms with Gasteiger partial charge in [-0.25, -0.2) is 9.97 Å². The lowest BCUT2D eigenvalue weighted by atomic mass is 10.0. The summed E-state index contributed by atoms with van der Waals surface area (Å²) in [5, 5.41) is 0. The van der Waals surface area contributed by atoms with Crippen molar-refractivity contribution in [2.45, 2.75) is 80.6 Å². The highest BCUT2D eigenvalue weighted by atomic mass is 14.8. The van der Waals surface area contributed by atoms with E-state index in [2.05, 4.69) is 76.6 Å². The summed E-state index contributed by atoms with van der Waals surface area (Å²) in [6.45, 7) is 15.7. The molecule has 0 fully saturated rings. The molecule has 184 valence electrons. The van der Waals surface area contributed by atoms with Gasteiger partial charge in [0.1, 0.15) is 0 Å². The molecule has 8 bridgehead atoms. The van der Waals surface area contributed by atoms with Crippen LogP contribution in [-0.2, 0) is 19.3 Å². The molecule has 0 saturated heterocycles. The van der Waals surface area contributed by atoms with Crippen LogP contribution in [-0.4, -0.2) is 19.9 Å². The number of nitrogens with zero attached hydrogens (tertiary/aromatic N) is 2. The van der Waals surface area contributed by atoms with Crippen LogP contribution in [0.5, 0.6) is 0 Å². The van der Waals surface area contributed by atoms with E-state index in [1.54, 1.807) is 0 Å². The zero-order chi connectivity index (χ0) is 25.3. The quantitative estimate of drug-likeness (QED) is 0.399. The van der Waals surface area contributed by atoms with Crippen molar-refractivity contribution in [2.75, 3.05) is 0 Å². The molecule has 1 aliphatic carbocycles. The van der Waals surface area contributed by atoms with Gasteiger partial charge < -0.3 is 9.97 Å². The largest absolute Gasteiger partial charge is 0.355 e. The highest BCUT2D eigenvalue weighted by Crippen LogP contribution is 2.44. The maximum Gasteiger partial charge on any atom is 0.0726 e. The van der Waals surface area contributed by atoms with E-state index in [0.717, 1.165) is 54.7 Å². The molecular weight excluding hydrogens is 440 g/mol. The van der Waals surface area contributed by atoms with Crippen LogP contribution in [0.15, 0.2) is 18.2 Å². The van der Waals surface area contributed by atoms with Crippen LogP contribution in [0.1, 0.15) is 98.1 Å². The van der Waals surface area contributed by atoms with E-state index in [0.29, 0.717) is 0 Å². The summed E-state index contributed by atoms with van der Waals surface area (Å²) in [5.41, 5.74) is 21.3. The Balaban J connectivity index is 1.83. The van der Waals surface area contributed by atoms with E-state index >= 15 is 0 Å². The van der Waals surface area contributed by atoms with E-state index in [-0.39, 0.29) is 0 Å². The fourth-order valence-corrected chi connectivity index (χ4v) is 6.59. The predicted molar refractivity (Wildman–Crippen MR) is 153 cm³/mol. The van der Waals surface area contributed by atoms with Crippen LogP contribution in [0.25, 0.3) is 44.4 Å². The Hall–Kier alpha value is -3.40. The van der Waals surface area contributed by atoms with Crippen LogP contribution in [0.4, 0.5) is 0 Å². The van der Waals surface area contributed by atoms with Crippen LogP contribution < -0.4 is 0 Å². The van der Waals surface area contributed by atoms with Crippen LogP contribution in [0, 0.1) is 13.8 Å². The van der Waals surface area contributed by atoms with Gasteiger partial charge in [0.05, 0.1) is 22.8 Å². The highest BCUT2D eigenvalue weighted by molar-refractivity contribution is 5.98. The van der Waals surface area contributed by atoms with Gasteiger partial charge in [-0.3, -0.25) is 0 Å². The van der Waals surface area contributed by atoms with E-state index in [1.165, 1.54) is 72.4 Å². The predicted octanol–water partition coefficient (Wildman–Crippen LogP) is 8.27. The second kappa shape index (κ2) is 8.33. The molecule has 3 aliphatic rings. The fraction of sp³-hybridized carbons (Fsp3) is 0.375. The summed E-state index contributed by atoms with van der Waals surface area (Å²) >= 11 is 0. The summed E-state index contributed by atoms with van der Waals surface area (Å²) in [4.78, 5) is 18.0. The molecule has 6 rings (SSSR count). The number of nitrogens with one attached hydrogen (secondary N) is 2. The SMILES string of the molecule is CCC1=C(C)c2nc1cc1[nH]c(cc3[nH]c(cc4nc5c2CCC5=C4C)c(CC)c3C)c(CC)c1C. The van der Waals surface area contributed by atoms with Crippen molar-refractivity contribution in [2.24, 2.45) is 0 Å². The number of aryl methyl sites for hydroxylation is 4. The number of hydrogen-bond acceptors (Lipinski definition) is 2. The van der Waals surface area contributed by atoms with Gasteiger partial charge in [0.15, 0.2) is 0 Å². The zero-order valence-electron chi connectivity index (χ0n) is 22.7. The molecule has 0 radical (unpaired) electrons. The average Bonchev–Trinajstić information content (AvgIpc) is 3.62. The molecule has 3 aromatic heterocycles. The lowest BCUT2D eigenvalue weighted by molar-refractivity contribution is 1.05. The summed E-state index contributed by atoms with van der Waals surface area (Å²) in [6.07, 6.45) is 5.01. The lowest BCUT2D eigenvalue weighted by Crippen LogP contribution is -1.90. The Morgan fingerprint density at radius 3 is 1.86 bits per heavy atom. The van der Waals surface area contributed by atoms with Crippen molar-refractivity contribution in [3.05, 3.63) is 68.8 Å². The van der Waals surface area contributed by atoms with Gasteiger partial charge in [-0.05, 0) is 123 Å². The van der Waals surface area contributed by atoms with Crippen molar-refractivity contribution in [3.63, 3.8) is 0 Å². The first kappa shape index (κ1) is 23.0. The van der Waals surface area contributed by atoms with E-state index < -0.39 is 0 Å². The second-order valence-electron chi connectivity index (χ2n) is 10.5. The monoisotopic (exact) mass is 476 g/mol. The minimum atomic E-state index is 0.973. The molecule has 5 heterocycles. The number of aromatic nitrogens is 4. The van der Waals surface area contributed by atoms with Gasteiger partial charge in [0.25, 0.3) is 0 Å². The fourth-order valence-electron chi connectivity index (χ4n) is 6.59. The third-order valence-electron chi connectivity index (χ3n) is 8.71. The number of hydrogen-bond donors (Lipinski definition) is 2. The molecule has 0 spiro atoms. The molecule has 0 aromatic carbocycles. The van der Waals surface area contributed by atoms with E-state index in [4.69, 9.17) is 9.97 Å². The number of allylic oxidation sites excluding steroid dienone is 4. The molecule has 4 nitrogen and oxygen atoms in total. The minimum absolute atomic E-state index is 0.973. The van der Waals surface area contributed by atoms with Crippen molar-refractivity contribution in [1.82, 2.24) is 19.9 Å². The van der Waals surface area contributed by atoms with Crippen molar-refractivity contribution in [3.8, 4) is 0 Å². The third kappa shape index (κ3) is 3.20. The average molecular weight is 477 g/mol. The molecule has 2 aliphatic heterocycles. The van der Waals surface area contributed by atoms with Gasteiger partial charge in [0, 0.05) is 27.6 Å².